The molecule has 6 nitrogen and oxygen atoms in total. The van der Waals surface area contributed by atoms with Gasteiger partial charge in [0.05, 0.1) is 5.69 Å². The summed E-state index contributed by atoms with van der Waals surface area (Å²) >= 11 is 1.08. The molecule has 27 heavy (non-hydrogen) atoms. The Morgan fingerprint density at radius 1 is 0.889 bits per heavy atom. The van der Waals surface area contributed by atoms with Crippen molar-refractivity contribution in [1.82, 2.24) is 4.98 Å². The number of anilines is 3. The van der Waals surface area contributed by atoms with Crippen molar-refractivity contribution in [2.24, 2.45) is 0 Å². The van der Waals surface area contributed by atoms with Crippen molar-refractivity contribution in [3.05, 3.63) is 70.5 Å². The van der Waals surface area contributed by atoms with E-state index >= 15 is 0 Å². The minimum atomic E-state index is -0.527. The SMILES string of the molecule is Cc1ccc(NC(=O)c2sc(NC(=O)Nc3ccc(F)cc3)nc2C)cc1. The molecule has 1 aromatic heterocycles. The maximum atomic E-state index is 12.9. The number of carbonyl (C=O) groups excluding carboxylic acids is 2. The summed E-state index contributed by atoms with van der Waals surface area (Å²) in [5, 5.41) is 8.24. The van der Waals surface area contributed by atoms with Crippen LogP contribution < -0.4 is 16.0 Å². The lowest BCUT2D eigenvalue weighted by Crippen LogP contribution is -2.19. The Labute approximate surface area is 159 Å². The van der Waals surface area contributed by atoms with Crippen LogP contribution in [0.3, 0.4) is 0 Å². The molecule has 0 atom stereocenters. The first-order chi connectivity index (χ1) is 12.9. The monoisotopic (exact) mass is 384 g/mol. The largest absolute Gasteiger partial charge is 0.325 e. The summed E-state index contributed by atoms with van der Waals surface area (Å²) in [6.45, 7) is 3.66. The van der Waals surface area contributed by atoms with Crippen LogP contribution in [0.5, 0.6) is 0 Å². The minimum Gasteiger partial charge on any atom is -0.321 e. The number of aromatic nitrogens is 1. The molecular weight excluding hydrogens is 367 g/mol. The fraction of sp³-hybridized carbons (Fsp3) is 0.105. The zero-order valence-corrected chi connectivity index (χ0v) is 15.5. The van der Waals surface area contributed by atoms with Crippen molar-refractivity contribution >= 4 is 39.8 Å². The van der Waals surface area contributed by atoms with Crippen LogP contribution in [-0.4, -0.2) is 16.9 Å². The lowest BCUT2D eigenvalue weighted by atomic mass is 10.2. The van der Waals surface area contributed by atoms with Gasteiger partial charge in [0.1, 0.15) is 10.7 Å². The molecule has 0 saturated carbocycles. The molecule has 3 rings (SSSR count). The number of carbonyl (C=O) groups is 2. The molecule has 0 unspecified atom stereocenters. The van der Waals surface area contributed by atoms with Crippen molar-refractivity contribution in [1.29, 1.82) is 0 Å². The van der Waals surface area contributed by atoms with Crippen molar-refractivity contribution < 1.29 is 14.0 Å². The first-order valence-corrected chi connectivity index (χ1v) is 8.91. The van der Waals surface area contributed by atoms with Gasteiger partial charge in [-0.3, -0.25) is 10.1 Å². The van der Waals surface area contributed by atoms with Gasteiger partial charge >= 0.3 is 6.03 Å². The summed E-state index contributed by atoms with van der Waals surface area (Å²) in [7, 11) is 0. The first kappa shape index (κ1) is 18.5. The van der Waals surface area contributed by atoms with Crippen LogP contribution in [0.15, 0.2) is 48.5 Å². The summed E-state index contributed by atoms with van der Waals surface area (Å²) in [6.07, 6.45) is 0. The second-order valence-electron chi connectivity index (χ2n) is 5.84. The van der Waals surface area contributed by atoms with E-state index in [9.17, 15) is 14.0 Å². The Balaban J connectivity index is 1.64. The number of nitrogens with one attached hydrogen (secondary N) is 3. The molecule has 0 saturated heterocycles. The van der Waals surface area contributed by atoms with E-state index in [-0.39, 0.29) is 11.7 Å². The summed E-state index contributed by atoms with van der Waals surface area (Å²) < 4.78 is 12.9. The third-order valence-corrected chi connectivity index (χ3v) is 4.71. The topological polar surface area (TPSA) is 83.1 Å². The highest BCUT2D eigenvalue weighted by molar-refractivity contribution is 7.17. The summed E-state index contributed by atoms with van der Waals surface area (Å²) in [6, 6.07) is 12.3. The van der Waals surface area contributed by atoms with Crippen molar-refractivity contribution in [3.63, 3.8) is 0 Å². The highest BCUT2D eigenvalue weighted by Crippen LogP contribution is 2.24. The second kappa shape index (κ2) is 7.96. The molecule has 1 heterocycles. The van der Waals surface area contributed by atoms with E-state index in [1.54, 1.807) is 6.92 Å². The number of nitrogens with zero attached hydrogens (tertiary/aromatic N) is 1. The molecule has 0 radical (unpaired) electrons. The zero-order valence-electron chi connectivity index (χ0n) is 14.7. The number of thiazole rings is 1. The van der Waals surface area contributed by atoms with Crippen LogP contribution in [0.4, 0.5) is 25.7 Å². The van der Waals surface area contributed by atoms with Gasteiger partial charge in [0.15, 0.2) is 5.13 Å². The Hall–Kier alpha value is -3.26. The van der Waals surface area contributed by atoms with E-state index in [1.807, 2.05) is 31.2 Å². The molecule has 3 N–H and O–H groups in total. The smallest absolute Gasteiger partial charge is 0.321 e. The average molecular weight is 384 g/mol. The van der Waals surface area contributed by atoms with Gasteiger partial charge < -0.3 is 10.6 Å². The second-order valence-corrected chi connectivity index (χ2v) is 6.84. The van der Waals surface area contributed by atoms with Gasteiger partial charge in [-0.05, 0) is 50.2 Å². The van der Waals surface area contributed by atoms with E-state index in [0.29, 0.717) is 27.1 Å². The van der Waals surface area contributed by atoms with E-state index < -0.39 is 6.03 Å². The molecule has 0 aliphatic carbocycles. The third kappa shape index (κ3) is 4.89. The van der Waals surface area contributed by atoms with E-state index in [0.717, 1.165) is 16.9 Å². The molecule has 138 valence electrons. The molecule has 0 fully saturated rings. The Bertz CT molecular complexity index is 968. The van der Waals surface area contributed by atoms with Gasteiger partial charge in [-0.25, -0.2) is 14.2 Å². The maximum absolute atomic E-state index is 12.9. The first-order valence-electron chi connectivity index (χ1n) is 8.10. The number of amides is 3. The Morgan fingerprint density at radius 3 is 2.15 bits per heavy atom. The number of hydrogen-bond acceptors (Lipinski definition) is 4. The molecule has 2 aromatic carbocycles. The van der Waals surface area contributed by atoms with Crippen molar-refractivity contribution in [2.75, 3.05) is 16.0 Å². The Morgan fingerprint density at radius 2 is 1.48 bits per heavy atom. The number of hydrogen-bond donors (Lipinski definition) is 3. The zero-order chi connectivity index (χ0) is 19.4. The quantitative estimate of drug-likeness (QED) is 0.604. The van der Waals surface area contributed by atoms with Crippen LogP contribution in [-0.2, 0) is 0 Å². The van der Waals surface area contributed by atoms with Crippen LogP contribution >= 0.6 is 11.3 Å². The van der Waals surface area contributed by atoms with Gasteiger partial charge in [0.2, 0.25) is 0 Å². The molecule has 0 spiro atoms. The third-order valence-electron chi connectivity index (χ3n) is 3.63. The lowest BCUT2D eigenvalue weighted by Gasteiger charge is -2.05. The molecular formula is C19H17FN4O2S. The maximum Gasteiger partial charge on any atom is 0.325 e. The number of aryl methyl sites for hydroxylation is 2. The molecule has 0 aliphatic heterocycles. The lowest BCUT2D eigenvalue weighted by molar-refractivity contribution is 0.103. The van der Waals surface area contributed by atoms with Gasteiger partial charge in [0, 0.05) is 11.4 Å². The van der Waals surface area contributed by atoms with Crippen LogP contribution in [0.1, 0.15) is 20.9 Å². The van der Waals surface area contributed by atoms with E-state index in [2.05, 4.69) is 20.9 Å². The van der Waals surface area contributed by atoms with Crippen LogP contribution in [0.2, 0.25) is 0 Å². The summed E-state index contributed by atoms with van der Waals surface area (Å²) in [4.78, 5) is 29.1. The van der Waals surface area contributed by atoms with Gasteiger partial charge in [-0.1, -0.05) is 29.0 Å². The average Bonchev–Trinajstić information content (AvgIpc) is 2.99. The highest BCUT2D eigenvalue weighted by Gasteiger charge is 2.17. The highest BCUT2D eigenvalue weighted by atomic mass is 32.1. The molecule has 3 aromatic rings. The summed E-state index contributed by atoms with van der Waals surface area (Å²) in [5.74, 6) is -0.679. The predicted octanol–water partition coefficient (Wildman–Crippen LogP) is 4.80. The van der Waals surface area contributed by atoms with Crippen molar-refractivity contribution in [2.45, 2.75) is 13.8 Å². The normalized spacial score (nSPS) is 10.3. The van der Waals surface area contributed by atoms with Gasteiger partial charge in [-0.2, -0.15) is 0 Å². The molecule has 0 aliphatic rings. The minimum absolute atomic E-state index is 0.291. The fourth-order valence-electron chi connectivity index (χ4n) is 2.28. The predicted molar refractivity (Wildman–Crippen MR) is 105 cm³/mol. The van der Waals surface area contributed by atoms with Crippen molar-refractivity contribution in [3.8, 4) is 0 Å². The fourth-order valence-corrected chi connectivity index (χ4v) is 3.13. The number of halogens is 1. The van der Waals surface area contributed by atoms with Gasteiger partial charge in [0.25, 0.3) is 5.91 Å². The molecule has 8 heteroatoms. The van der Waals surface area contributed by atoms with E-state index in [4.69, 9.17) is 0 Å². The summed E-state index contributed by atoms with van der Waals surface area (Å²) in [5.41, 5.74) is 2.74. The van der Waals surface area contributed by atoms with Crippen LogP contribution in [0, 0.1) is 19.7 Å². The van der Waals surface area contributed by atoms with Crippen LogP contribution in [0.25, 0.3) is 0 Å². The number of rotatable bonds is 4. The van der Waals surface area contributed by atoms with Gasteiger partial charge in [-0.15, -0.1) is 0 Å². The molecule has 0 bridgehead atoms. The Kier molecular flexibility index (Phi) is 5.46. The standard InChI is InChI=1S/C19H17FN4O2S/c1-11-3-7-14(8-4-11)22-17(25)16-12(2)21-19(27-16)24-18(26)23-15-9-5-13(20)6-10-15/h3-10H,1-2H3,(H,22,25)(H2,21,23,24,26). The number of urea groups is 1. The van der Waals surface area contributed by atoms with E-state index in [1.165, 1.54) is 24.3 Å². The number of benzene rings is 2. The molecule has 3 amide bonds.